The second-order valence-corrected chi connectivity index (χ2v) is 6.76. The van der Waals surface area contributed by atoms with Crippen molar-refractivity contribution >= 4 is 34.0 Å². The maximum atomic E-state index is 9.59. The summed E-state index contributed by atoms with van der Waals surface area (Å²) in [4.78, 5) is 10.8. The number of rotatable bonds is 6. The van der Waals surface area contributed by atoms with Gasteiger partial charge in [0.15, 0.2) is 0 Å². The molecule has 0 aliphatic carbocycles. The summed E-state index contributed by atoms with van der Waals surface area (Å²) in [6.45, 7) is 2.82. The highest BCUT2D eigenvalue weighted by molar-refractivity contribution is 6.32. The Morgan fingerprint density at radius 3 is 2.77 bits per heavy atom. The van der Waals surface area contributed by atoms with Crippen LogP contribution in [0.5, 0.6) is 11.5 Å². The van der Waals surface area contributed by atoms with Crippen LogP contribution in [0.3, 0.4) is 0 Å². The van der Waals surface area contributed by atoms with Crippen LogP contribution in [0.2, 0.25) is 5.02 Å². The average molecular weight is 373 g/mol. The maximum Gasteiger partial charge on any atom is 0.145 e. The van der Waals surface area contributed by atoms with Crippen molar-refractivity contribution in [2.45, 2.75) is 13.0 Å². The van der Waals surface area contributed by atoms with Gasteiger partial charge in [-0.1, -0.05) is 17.7 Å². The summed E-state index contributed by atoms with van der Waals surface area (Å²) in [6.07, 6.45) is 1.51. The molecule has 0 radical (unpaired) electrons. The van der Waals surface area contributed by atoms with Gasteiger partial charge in [0, 0.05) is 12.2 Å². The molecule has 0 aliphatic rings. The standard InChI is InChI=1S/C19H21ClN4O2/c1-12(10-24(2)3)26-17-6-4-5-15-18(17)19(22-11-21-15)23-13-7-8-16(25)14(20)9-13/h4-9,11-12,25H,10H2,1-3H3,(H,21,22,23). The minimum atomic E-state index is 0.00627. The molecule has 26 heavy (non-hydrogen) atoms. The van der Waals surface area contributed by atoms with Gasteiger partial charge in [0.05, 0.1) is 15.9 Å². The molecule has 0 saturated heterocycles. The number of fused-ring (bicyclic) bond motifs is 1. The summed E-state index contributed by atoms with van der Waals surface area (Å²) in [5.74, 6) is 1.36. The van der Waals surface area contributed by atoms with Crippen molar-refractivity contribution in [2.24, 2.45) is 0 Å². The van der Waals surface area contributed by atoms with E-state index < -0.39 is 0 Å². The number of phenols is 1. The maximum absolute atomic E-state index is 9.59. The van der Waals surface area contributed by atoms with Crippen LogP contribution < -0.4 is 10.1 Å². The third-order valence-corrected chi connectivity index (χ3v) is 4.09. The van der Waals surface area contributed by atoms with Crippen LogP contribution in [0.25, 0.3) is 10.9 Å². The zero-order chi connectivity index (χ0) is 18.7. The summed E-state index contributed by atoms with van der Waals surface area (Å²) in [5, 5.41) is 13.9. The lowest BCUT2D eigenvalue weighted by atomic mass is 10.2. The molecule has 0 aliphatic heterocycles. The largest absolute Gasteiger partial charge is 0.506 e. The molecular weight excluding hydrogens is 352 g/mol. The van der Waals surface area contributed by atoms with Crippen LogP contribution in [0.15, 0.2) is 42.7 Å². The van der Waals surface area contributed by atoms with Gasteiger partial charge in [0.25, 0.3) is 0 Å². The molecule has 2 N–H and O–H groups in total. The Morgan fingerprint density at radius 1 is 1.23 bits per heavy atom. The van der Waals surface area contributed by atoms with Gasteiger partial charge in [-0.15, -0.1) is 0 Å². The first-order valence-electron chi connectivity index (χ1n) is 8.24. The van der Waals surface area contributed by atoms with Gasteiger partial charge in [-0.3, -0.25) is 0 Å². The fourth-order valence-corrected chi connectivity index (χ4v) is 2.94. The molecule has 2 aromatic carbocycles. The molecule has 3 rings (SSSR count). The molecule has 1 heterocycles. The van der Waals surface area contributed by atoms with E-state index in [0.29, 0.717) is 17.3 Å². The van der Waals surface area contributed by atoms with Crippen LogP contribution in [-0.2, 0) is 0 Å². The van der Waals surface area contributed by atoms with Gasteiger partial charge in [0.2, 0.25) is 0 Å². The van der Waals surface area contributed by atoms with E-state index in [1.165, 1.54) is 12.4 Å². The van der Waals surface area contributed by atoms with Gasteiger partial charge in [0.1, 0.15) is 29.7 Å². The molecule has 7 heteroatoms. The Hall–Kier alpha value is -2.57. The molecule has 3 aromatic rings. The topological polar surface area (TPSA) is 70.5 Å². The lowest BCUT2D eigenvalue weighted by Crippen LogP contribution is -2.28. The summed E-state index contributed by atoms with van der Waals surface area (Å²) < 4.78 is 6.13. The first kappa shape index (κ1) is 18.2. The van der Waals surface area contributed by atoms with E-state index in [1.807, 2.05) is 39.2 Å². The quantitative estimate of drug-likeness (QED) is 0.636. The highest BCUT2D eigenvalue weighted by atomic mass is 35.5. The van der Waals surface area contributed by atoms with Crippen LogP contribution in [-0.4, -0.2) is 46.7 Å². The number of ether oxygens (including phenoxy) is 1. The van der Waals surface area contributed by atoms with E-state index >= 15 is 0 Å². The van der Waals surface area contributed by atoms with Gasteiger partial charge < -0.3 is 20.1 Å². The number of anilines is 2. The SMILES string of the molecule is CC(CN(C)C)Oc1cccc2ncnc(Nc3ccc(O)c(Cl)c3)c12. The Kier molecular flexibility index (Phi) is 5.44. The zero-order valence-corrected chi connectivity index (χ0v) is 15.7. The number of benzene rings is 2. The van der Waals surface area contributed by atoms with Crippen molar-refractivity contribution in [1.29, 1.82) is 0 Å². The molecule has 0 fully saturated rings. The molecule has 1 atom stereocenters. The Labute approximate surface area is 157 Å². The van der Waals surface area contributed by atoms with E-state index in [2.05, 4.69) is 20.2 Å². The molecular formula is C19H21ClN4O2. The third kappa shape index (κ3) is 4.15. The normalized spacial score (nSPS) is 12.3. The van der Waals surface area contributed by atoms with Gasteiger partial charge in [-0.25, -0.2) is 9.97 Å². The number of hydrogen-bond donors (Lipinski definition) is 2. The van der Waals surface area contributed by atoms with Crippen molar-refractivity contribution in [3.63, 3.8) is 0 Å². The average Bonchev–Trinajstić information content (AvgIpc) is 2.58. The van der Waals surface area contributed by atoms with E-state index in [9.17, 15) is 5.11 Å². The number of likely N-dealkylation sites (N-methyl/N-ethyl adjacent to an activating group) is 1. The third-order valence-electron chi connectivity index (χ3n) is 3.79. The minimum absolute atomic E-state index is 0.00627. The fourth-order valence-electron chi connectivity index (χ4n) is 2.76. The smallest absolute Gasteiger partial charge is 0.145 e. The number of nitrogens with one attached hydrogen (secondary N) is 1. The van der Waals surface area contributed by atoms with Crippen molar-refractivity contribution in [3.05, 3.63) is 47.7 Å². The number of hydrogen-bond acceptors (Lipinski definition) is 6. The lowest BCUT2D eigenvalue weighted by Gasteiger charge is -2.20. The highest BCUT2D eigenvalue weighted by Gasteiger charge is 2.14. The fraction of sp³-hybridized carbons (Fsp3) is 0.263. The molecule has 6 nitrogen and oxygen atoms in total. The van der Waals surface area contributed by atoms with Crippen molar-refractivity contribution in [1.82, 2.24) is 14.9 Å². The van der Waals surface area contributed by atoms with Gasteiger partial charge in [-0.05, 0) is 51.4 Å². The molecule has 0 saturated carbocycles. The molecule has 1 aromatic heterocycles. The van der Waals surface area contributed by atoms with Crippen LogP contribution >= 0.6 is 11.6 Å². The minimum Gasteiger partial charge on any atom is -0.506 e. The van der Waals surface area contributed by atoms with E-state index in [1.54, 1.807) is 12.1 Å². The van der Waals surface area contributed by atoms with Crippen LogP contribution in [0, 0.1) is 0 Å². The van der Waals surface area contributed by atoms with Crippen LogP contribution in [0.4, 0.5) is 11.5 Å². The predicted octanol–water partition coefficient (Wildman–Crippen LogP) is 4.06. The van der Waals surface area contributed by atoms with E-state index in [0.717, 1.165) is 17.4 Å². The highest BCUT2D eigenvalue weighted by Crippen LogP contribution is 2.33. The Balaban J connectivity index is 1.98. The van der Waals surface area contributed by atoms with Gasteiger partial charge >= 0.3 is 0 Å². The summed E-state index contributed by atoms with van der Waals surface area (Å²) in [5.41, 5.74) is 1.49. The Bertz CT molecular complexity index is 912. The van der Waals surface area contributed by atoms with E-state index in [-0.39, 0.29) is 16.9 Å². The zero-order valence-electron chi connectivity index (χ0n) is 14.9. The second kappa shape index (κ2) is 7.76. The monoisotopic (exact) mass is 372 g/mol. The van der Waals surface area contributed by atoms with Gasteiger partial charge in [-0.2, -0.15) is 0 Å². The predicted molar refractivity (Wildman–Crippen MR) is 105 cm³/mol. The first-order valence-corrected chi connectivity index (χ1v) is 8.62. The van der Waals surface area contributed by atoms with Crippen LogP contribution in [0.1, 0.15) is 6.92 Å². The number of nitrogens with zero attached hydrogens (tertiary/aromatic N) is 3. The summed E-state index contributed by atoms with van der Waals surface area (Å²) >= 11 is 5.99. The van der Waals surface area contributed by atoms with Crippen molar-refractivity contribution in [2.75, 3.05) is 26.0 Å². The number of halogens is 1. The molecule has 0 bridgehead atoms. The van der Waals surface area contributed by atoms with Crippen molar-refractivity contribution < 1.29 is 9.84 Å². The van der Waals surface area contributed by atoms with Crippen molar-refractivity contribution in [3.8, 4) is 11.5 Å². The lowest BCUT2D eigenvalue weighted by molar-refractivity contribution is 0.179. The first-order chi connectivity index (χ1) is 12.4. The summed E-state index contributed by atoms with van der Waals surface area (Å²) in [7, 11) is 4.02. The number of aromatic hydroxyl groups is 1. The number of aromatic nitrogens is 2. The second-order valence-electron chi connectivity index (χ2n) is 6.35. The Morgan fingerprint density at radius 2 is 2.04 bits per heavy atom. The summed E-state index contributed by atoms with van der Waals surface area (Å²) in [6, 6.07) is 10.6. The molecule has 0 spiro atoms. The molecule has 0 amide bonds. The molecule has 136 valence electrons. The number of phenolic OH excluding ortho intramolecular Hbond substituents is 1. The molecule has 1 unspecified atom stereocenters. The van der Waals surface area contributed by atoms with E-state index in [4.69, 9.17) is 16.3 Å².